The zero-order valence-corrected chi connectivity index (χ0v) is 13.3. The van der Waals surface area contributed by atoms with Crippen molar-refractivity contribution < 1.29 is 0 Å². The topological polar surface area (TPSA) is 30.7 Å². The molecule has 2 aromatic heterocycles. The average molecular weight is 351 g/mol. The summed E-state index contributed by atoms with van der Waals surface area (Å²) in [5.74, 6) is 1.49. The van der Waals surface area contributed by atoms with Gasteiger partial charge in [-0.15, -0.1) is 11.6 Å². The third kappa shape index (κ3) is 2.34. The van der Waals surface area contributed by atoms with Crippen molar-refractivity contribution >= 4 is 38.6 Å². The van der Waals surface area contributed by atoms with Crippen LogP contribution in [0.25, 0.3) is 16.7 Å². The molecule has 0 amide bonds. The minimum atomic E-state index is 0.542. The third-order valence-corrected chi connectivity index (χ3v) is 4.05. The second-order valence-corrected chi connectivity index (χ2v) is 5.85. The van der Waals surface area contributed by atoms with Crippen LogP contribution in [0.3, 0.4) is 0 Å². The zero-order chi connectivity index (χ0) is 14.1. The molecule has 0 saturated heterocycles. The summed E-state index contributed by atoms with van der Waals surface area (Å²) in [6, 6.07) is 8.26. The standard InChI is InChI=1S/C15H13BrClN3/c1-10-2-3-11(16)14(8-10)20-13-5-7-18-9-12(13)19-15(20)4-6-17/h2-3,5,7-9H,4,6H2,1H3. The smallest absolute Gasteiger partial charge is 0.115 e. The molecule has 0 spiro atoms. The van der Waals surface area contributed by atoms with E-state index in [1.54, 1.807) is 12.4 Å². The number of alkyl halides is 1. The van der Waals surface area contributed by atoms with Crippen LogP contribution in [-0.4, -0.2) is 20.4 Å². The van der Waals surface area contributed by atoms with Gasteiger partial charge >= 0.3 is 0 Å². The summed E-state index contributed by atoms with van der Waals surface area (Å²) < 4.78 is 3.19. The normalized spacial score (nSPS) is 11.2. The van der Waals surface area contributed by atoms with Crippen LogP contribution in [0.4, 0.5) is 0 Å². The first-order valence-corrected chi connectivity index (χ1v) is 7.67. The second-order valence-electron chi connectivity index (χ2n) is 4.62. The van der Waals surface area contributed by atoms with E-state index in [9.17, 15) is 0 Å². The van der Waals surface area contributed by atoms with Crippen molar-refractivity contribution in [3.8, 4) is 5.69 Å². The van der Waals surface area contributed by atoms with Crippen molar-refractivity contribution in [3.05, 3.63) is 52.5 Å². The number of nitrogens with zero attached hydrogens (tertiary/aromatic N) is 3. The molecule has 3 aromatic rings. The summed E-state index contributed by atoms with van der Waals surface area (Å²) in [7, 11) is 0. The van der Waals surface area contributed by atoms with Crippen LogP contribution in [0.1, 0.15) is 11.4 Å². The average Bonchev–Trinajstić information content (AvgIpc) is 2.80. The Bertz CT molecular complexity index is 767. The number of hydrogen-bond donors (Lipinski definition) is 0. The van der Waals surface area contributed by atoms with Crippen LogP contribution in [0.15, 0.2) is 41.1 Å². The summed E-state index contributed by atoms with van der Waals surface area (Å²) in [6.07, 6.45) is 4.29. The van der Waals surface area contributed by atoms with Gasteiger partial charge in [-0.3, -0.25) is 9.55 Å². The molecule has 0 radical (unpaired) electrons. The molecular weight excluding hydrogens is 338 g/mol. The van der Waals surface area contributed by atoms with Crippen molar-refractivity contribution in [1.82, 2.24) is 14.5 Å². The first kappa shape index (κ1) is 13.6. The monoisotopic (exact) mass is 349 g/mol. The zero-order valence-electron chi connectivity index (χ0n) is 11.0. The molecule has 1 aromatic carbocycles. The van der Waals surface area contributed by atoms with Crippen molar-refractivity contribution in [1.29, 1.82) is 0 Å². The van der Waals surface area contributed by atoms with Crippen molar-refractivity contribution in [2.24, 2.45) is 0 Å². The number of hydrogen-bond acceptors (Lipinski definition) is 2. The molecule has 0 atom stereocenters. The van der Waals surface area contributed by atoms with Gasteiger partial charge in [-0.2, -0.15) is 0 Å². The summed E-state index contributed by atoms with van der Waals surface area (Å²) >= 11 is 9.54. The van der Waals surface area contributed by atoms with E-state index < -0.39 is 0 Å². The highest BCUT2D eigenvalue weighted by atomic mass is 79.9. The third-order valence-electron chi connectivity index (χ3n) is 3.19. The van der Waals surface area contributed by atoms with Gasteiger partial charge in [0.15, 0.2) is 0 Å². The molecule has 102 valence electrons. The van der Waals surface area contributed by atoms with Gasteiger partial charge in [-0.05, 0) is 46.6 Å². The van der Waals surface area contributed by atoms with Crippen LogP contribution in [0.2, 0.25) is 0 Å². The highest BCUT2D eigenvalue weighted by Crippen LogP contribution is 2.28. The molecule has 0 aliphatic heterocycles. The minimum absolute atomic E-state index is 0.542. The molecule has 2 heterocycles. The van der Waals surface area contributed by atoms with E-state index in [-0.39, 0.29) is 0 Å². The van der Waals surface area contributed by atoms with E-state index in [2.05, 4.69) is 55.6 Å². The Balaban J connectivity index is 2.33. The maximum Gasteiger partial charge on any atom is 0.115 e. The van der Waals surface area contributed by atoms with Crippen molar-refractivity contribution in [3.63, 3.8) is 0 Å². The Kier molecular flexibility index (Phi) is 3.76. The molecule has 20 heavy (non-hydrogen) atoms. The number of aryl methyl sites for hydroxylation is 2. The fourth-order valence-corrected chi connectivity index (χ4v) is 2.89. The summed E-state index contributed by atoms with van der Waals surface area (Å²) in [5, 5.41) is 0. The van der Waals surface area contributed by atoms with Crippen LogP contribution < -0.4 is 0 Å². The predicted molar refractivity (Wildman–Crippen MR) is 85.7 cm³/mol. The number of pyridine rings is 1. The molecule has 3 nitrogen and oxygen atoms in total. The van der Waals surface area contributed by atoms with E-state index in [4.69, 9.17) is 11.6 Å². The first-order valence-electron chi connectivity index (χ1n) is 6.34. The van der Waals surface area contributed by atoms with Crippen molar-refractivity contribution in [2.45, 2.75) is 13.3 Å². The van der Waals surface area contributed by atoms with Gasteiger partial charge < -0.3 is 0 Å². The van der Waals surface area contributed by atoms with E-state index in [0.717, 1.165) is 33.4 Å². The number of imidazole rings is 1. The number of halogens is 2. The highest BCUT2D eigenvalue weighted by Gasteiger charge is 2.14. The maximum atomic E-state index is 5.91. The summed E-state index contributed by atoms with van der Waals surface area (Å²) in [6.45, 7) is 2.08. The molecule has 0 aliphatic carbocycles. The maximum absolute atomic E-state index is 5.91. The van der Waals surface area contributed by atoms with Crippen LogP contribution >= 0.6 is 27.5 Å². The van der Waals surface area contributed by atoms with Gasteiger partial charge in [0.2, 0.25) is 0 Å². The van der Waals surface area contributed by atoms with Crippen LogP contribution in [-0.2, 0) is 6.42 Å². The van der Waals surface area contributed by atoms with Gasteiger partial charge in [0.05, 0.1) is 17.4 Å². The molecule has 0 N–H and O–H groups in total. The lowest BCUT2D eigenvalue weighted by Crippen LogP contribution is -2.03. The molecule has 0 bridgehead atoms. The van der Waals surface area contributed by atoms with E-state index >= 15 is 0 Å². The number of rotatable bonds is 3. The van der Waals surface area contributed by atoms with Gasteiger partial charge in [-0.1, -0.05) is 6.07 Å². The lowest BCUT2D eigenvalue weighted by molar-refractivity contribution is 0.908. The molecular formula is C15H13BrClN3. The molecule has 0 aliphatic rings. The Morgan fingerprint density at radius 3 is 2.95 bits per heavy atom. The Morgan fingerprint density at radius 2 is 2.15 bits per heavy atom. The Hall–Kier alpha value is -1.39. The highest BCUT2D eigenvalue weighted by molar-refractivity contribution is 9.10. The molecule has 3 rings (SSSR count). The SMILES string of the molecule is Cc1ccc(Br)c(-n2c(CCCl)nc3cnccc32)c1. The lowest BCUT2D eigenvalue weighted by atomic mass is 10.2. The van der Waals surface area contributed by atoms with Gasteiger partial charge in [0, 0.05) is 23.0 Å². The molecule has 0 saturated carbocycles. The number of fused-ring (bicyclic) bond motifs is 1. The fourth-order valence-electron chi connectivity index (χ4n) is 2.30. The minimum Gasteiger partial charge on any atom is -0.295 e. The summed E-state index contributed by atoms with van der Waals surface area (Å²) in [5.41, 5.74) is 4.22. The molecule has 5 heteroatoms. The number of aromatic nitrogens is 3. The van der Waals surface area contributed by atoms with Crippen LogP contribution in [0.5, 0.6) is 0 Å². The lowest BCUT2D eigenvalue weighted by Gasteiger charge is -2.11. The van der Waals surface area contributed by atoms with Crippen molar-refractivity contribution in [2.75, 3.05) is 5.88 Å². The predicted octanol–water partition coefficient (Wildman–Crippen LogP) is 4.27. The molecule has 0 fully saturated rings. The van der Waals surface area contributed by atoms with E-state index in [1.807, 2.05) is 6.07 Å². The van der Waals surface area contributed by atoms with E-state index in [1.165, 1.54) is 5.56 Å². The summed E-state index contributed by atoms with van der Waals surface area (Å²) in [4.78, 5) is 8.79. The van der Waals surface area contributed by atoms with Gasteiger partial charge in [0.25, 0.3) is 0 Å². The number of benzene rings is 1. The van der Waals surface area contributed by atoms with Crippen LogP contribution in [0, 0.1) is 6.92 Å². The second kappa shape index (κ2) is 5.54. The first-order chi connectivity index (χ1) is 9.70. The van der Waals surface area contributed by atoms with Gasteiger partial charge in [0.1, 0.15) is 11.3 Å². The van der Waals surface area contributed by atoms with Gasteiger partial charge in [-0.25, -0.2) is 4.98 Å². The fraction of sp³-hybridized carbons (Fsp3) is 0.200. The largest absolute Gasteiger partial charge is 0.295 e. The Morgan fingerprint density at radius 1 is 1.30 bits per heavy atom. The molecule has 0 unspecified atom stereocenters. The quantitative estimate of drug-likeness (QED) is 0.660. The van der Waals surface area contributed by atoms with E-state index in [0.29, 0.717) is 5.88 Å². The Labute approximate surface area is 130 Å².